The third-order valence-corrected chi connectivity index (χ3v) is 10.3. The highest BCUT2D eigenvalue weighted by Gasteiger charge is 2.43. The van der Waals surface area contributed by atoms with E-state index in [9.17, 15) is 26.4 Å². The van der Waals surface area contributed by atoms with Gasteiger partial charge in [-0.25, -0.2) is 13.4 Å². The number of sulfone groups is 1. The Morgan fingerprint density at radius 1 is 1.16 bits per heavy atom. The van der Waals surface area contributed by atoms with Crippen molar-refractivity contribution < 1.29 is 26.4 Å². The SMILES string of the molecule is CCS(=O)(=O)c1ccc(CNC(=O)c2nc3c(s2)CN(CC2CCC(C(F)(F)F)CC2)C3C(C)C)cc1. The Balaban J connectivity index is 1.36. The van der Waals surface area contributed by atoms with Crippen molar-refractivity contribution in [3.8, 4) is 0 Å². The molecule has 37 heavy (non-hydrogen) atoms. The topological polar surface area (TPSA) is 79.4 Å². The average molecular weight is 558 g/mol. The number of carbonyl (C=O) groups excluding carboxylic acids is 1. The average Bonchev–Trinajstić information content (AvgIpc) is 3.40. The summed E-state index contributed by atoms with van der Waals surface area (Å²) in [6.45, 7) is 7.48. The normalized spacial score (nSPS) is 22.8. The fourth-order valence-electron chi connectivity index (χ4n) is 5.42. The van der Waals surface area contributed by atoms with Gasteiger partial charge in [-0.3, -0.25) is 9.69 Å². The fourth-order valence-corrected chi connectivity index (χ4v) is 7.35. The molecule has 4 rings (SSSR count). The van der Waals surface area contributed by atoms with E-state index in [0.717, 1.165) is 22.7 Å². The number of aromatic nitrogens is 1. The Morgan fingerprint density at radius 3 is 2.38 bits per heavy atom. The molecule has 2 aliphatic rings. The Morgan fingerprint density at radius 2 is 1.81 bits per heavy atom. The molecule has 6 nitrogen and oxygen atoms in total. The first kappa shape index (κ1) is 28.0. The van der Waals surface area contributed by atoms with Crippen LogP contribution in [-0.4, -0.2) is 42.7 Å². The summed E-state index contributed by atoms with van der Waals surface area (Å²) in [6, 6.07) is 6.53. The van der Waals surface area contributed by atoms with Crippen LogP contribution in [0.1, 0.15) is 78.4 Å². The zero-order valence-electron chi connectivity index (χ0n) is 21.3. The number of fused-ring (bicyclic) bond motifs is 1. The highest BCUT2D eigenvalue weighted by Crippen LogP contribution is 2.44. The maximum absolute atomic E-state index is 13.0. The molecule has 1 unspecified atom stereocenters. The molecular formula is C26H34F3N3O3S2. The molecule has 0 spiro atoms. The van der Waals surface area contributed by atoms with E-state index in [4.69, 9.17) is 0 Å². The number of thiazole rings is 1. The molecule has 0 saturated heterocycles. The van der Waals surface area contributed by atoms with Gasteiger partial charge in [0.15, 0.2) is 14.8 Å². The molecular weight excluding hydrogens is 523 g/mol. The lowest BCUT2D eigenvalue weighted by Gasteiger charge is -2.35. The van der Waals surface area contributed by atoms with Crippen LogP contribution in [0.5, 0.6) is 0 Å². The second-order valence-corrected chi connectivity index (χ2v) is 13.8. The molecule has 1 aromatic heterocycles. The lowest BCUT2D eigenvalue weighted by molar-refractivity contribution is -0.184. The van der Waals surface area contributed by atoms with Crippen LogP contribution in [0.3, 0.4) is 0 Å². The molecule has 1 aliphatic carbocycles. The van der Waals surface area contributed by atoms with Crippen molar-refractivity contribution in [2.75, 3.05) is 12.3 Å². The smallest absolute Gasteiger partial charge is 0.346 e. The minimum Gasteiger partial charge on any atom is -0.346 e. The number of nitrogens with one attached hydrogen (secondary N) is 1. The number of rotatable bonds is 8. The van der Waals surface area contributed by atoms with E-state index in [1.54, 1.807) is 31.2 Å². The number of carbonyl (C=O) groups is 1. The molecule has 2 heterocycles. The lowest BCUT2D eigenvalue weighted by atomic mass is 9.81. The zero-order valence-corrected chi connectivity index (χ0v) is 23.0. The molecule has 1 saturated carbocycles. The minimum absolute atomic E-state index is 0.0335. The van der Waals surface area contributed by atoms with E-state index in [-0.39, 0.29) is 53.8 Å². The number of hydrogen-bond donors (Lipinski definition) is 1. The summed E-state index contributed by atoms with van der Waals surface area (Å²) >= 11 is 1.37. The highest BCUT2D eigenvalue weighted by molar-refractivity contribution is 7.91. The van der Waals surface area contributed by atoms with Gasteiger partial charge in [0.25, 0.3) is 5.91 Å². The second-order valence-electron chi connectivity index (χ2n) is 10.4. The first-order valence-corrected chi connectivity index (χ1v) is 15.3. The van der Waals surface area contributed by atoms with Crippen LogP contribution in [0, 0.1) is 17.8 Å². The van der Waals surface area contributed by atoms with Gasteiger partial charge in [0.2, 0.25) is 0 Å². The molecule has 0 bridgehead atoms. The van der Waals surface area contributed by atoms with Crippen molar-refractivity contribution in [3.05, 3.63) is 45.4 Å². The second kappa shape index (κ2) is 11.0. The van der Waals surface area contributed by atoms with Crippen molar-refractivity contribution in [3.63, 3.8) is 0 Å². The first-order chi connectivity index (χ1) is 17.4. The number of hydrogen-bond acceptors (Lipinski definition) is 6. The van der Waals surface area contributed by atoms with E-state index >= 15 is 0 Å². The van der Waals surface area contributed by atoms with Crippen LogP contribution in [-0.2, 0) is 22.9 Å². The van der Waals surface area contributed by atoms with Crippen LogP contribution in [0.15, 0.2) is 29.2 Å². The number of benzene rings is 1. The summed E-state index contributed by atoms with van der Waals surface area (Å²) < 4.78 is 63.0. The first-order valence-electron chi connectivity index (χ1n) is 12.8. The molecule has 1 amide bonds. The van der Waals surface area contributed by atoms with Crippen LogP contribution in [0.4, 0.5) is 13.2 Å². The molecule has 0 radical (unpaired) electrons. The van der Waals surface area contributed by atoms with E-state index in [2.05, 4.69) is 29.0 Å². The Hall–Kier alpha value is -1.98. The van der Waals surface area contributed by atoms with Crippen LogP contribution in [0.2, 0.25) is 0 Å². The zero-order chi connectivity index (χ0) is 27.0. The number of halogens is 3. The van der Waals surface area contributed by atoms with Crippen molar-refractivity contribution in [2.45, 2.75) is 76.7 Å². The summed E-state index contributed by atoms with van der Waals surface area (Å²) in [5.41, 5.74) is 1.70. The van der Waals surface area contributed by atoms with Gasteiger partial charge >= 0.3 is 6.18 Å². The maximum Gasteiger partial charge on any atom is 0.391 e. The van der Waals surface area contributed by atoms with E-state index in [1.807, 2.05) is 0 Å². The van der Waals surface area contributed by atoms with Crippen molar-refractivity contribution in [2.24, 2.45) is 17.8 Å². The molecule has 1 N–H and O–H groups in total. The molecule has 2 aromatic rings. The van der Waals surface area contributed by atoms with Gasteiger partial charge in [-0.15, -0.1) is 11.3 Å². The number of amides is 1. The minimum atomic E-state index is -4.09. The lowest BCUT2D eigenvalue weighted by Crippen LogP contribution is -2.35. The number of nitrogens with zero attached hydrogens (tertiary/aromatic N) is 2. The van der Waals surface area contributed by atoms with E-state index in [1.165, 1.54) is 11.3 Å². The highest BCUT2D eigenvalue weighted by atomic mass is 32.2. The van der Waals surface area contributed by atoms with Gasteiger partial charge in [0.1, 0.15) is 0 Å². The van der Waals surface area contributed by atoms with Crippen molar-refractivity contribution in [1.29, 1.82) is 0 Å². The molecule has 1 fully saturated rings. The van der Waals surface area contributed by atoms with Gasteiger partial charge in [0.05, 0.1) is 28.3 Å². The van der Waals surface area contributed by atoms with Crippen molar-refractivity contribution in [1.82, 2.24) is 15.2 Å². The van der Waals surface area contributed by atoms with Gasteiger partial charge in [-0.1, -0.05) is 32.9 Å². The Labute approximate surface area is 220 Å². The molecule has 204 valence electrons. The maximum atomic E-state index is 13.0. The summed E-state index contributed by atoms with van der Waals surface area (Å²) in [6.07, 6.45) is -2.51. The summed E-state index contributed by atoms with van der Waals surface area (Å²) in [7, 11) is -3.27. The van der Waals surface area contributed by atoms with Gasteiger partial charge in [0, 0.05) is 24.5 Å². The van der Waals surface area contributed by atoms with Gasteiger partial charge in [-0.2, -0.15) is 13.2 Å². The Kier molecular flexibility index (Phi) is 8.35. The molecule has 1 aliphatic heterocycles. The summed E-state index contributed by atoms with van der Waals surface area (Å²) in [5, 5.41) is 3.26. The third-order valence-electron chi connectivity index (χ3n) is 7.49. The van der Waals surface area contributed by atoms with Gasteiger partial charge < -0.3 is 5.32 Å². The third kappa shape index (κ3) is 6.37. The van der Waals surface area contributed by atoms with E-state index < -0.39 is 21.9 Å². The predicted octanol–water partition coefficient (Wildman–Crippen LogP) is 5.75. The van der Waals surface area contributed by atoms with E-state index in [0.29, 0.717) is 24.4 Å². The summed E-state index contributed by atoms with van der Waals surface area (Å²) in [5.74, 6) is -0.913. The largest absolute Gasteiger partial charge is 0.391 e. The van der Waals surface area contributed by atoms with Gasteiger partial charge in [-0.05, 0) is 55.2 Å². The number of alkyl halides is 3. The standard InChI is InChI=1S/C26H34F3N3O3S2/c1-4-37(34,35)20-11-7-17(8-12-20)13-30-24(33)25-31-22-21(36-25)15-32(23(22)16(2)3)14-18-5-9-19(10-6-18)26(27,28)29/h7-8,11-12,16,18-19,23H,4-6,9-10,13-15H2,1-3H3,(H,30,33). The quantitative estimate of drug-likeness (QED) is 0.447. The molecule has 11 heteroatoms. The molecule has 1 atom stereocenters. The van der Waals surface area contributed by atoms with Crippen molar-refractivity contribution >= 4 is 27.1 Å². The fraction of sp³-hybridized carbons (Fsp3) is 0.615. The Bertz CT molecular complexity index is 1200. The monoisotopic (exact) mass is 557 g/mol. The van der Waals surface area contributed by atoms with Crippen LogP contribution < -0.4 is 5.32 Å². The van der Waals surface area contributed by atoms with Crippen LogP contribution >= 0.6 is 11.3 Å². The van der Waals surface area contributed by atoms with Crippen LogP contribution in [0.25, 0.3) is 0 Å². The molecule has 1 aromatic carbocycles. The summed E-state index contributed by atoms with van der Waals surface area (Å²) in [4.78, 5) is 21.1. The predicted molar refractivity (Wildman–Crippen MR) is 137 cm³/mol.